The molecule has 4 aliphatic rings. The number of rotatable bonds is 10. The topological polar surface area (TPSA) is 104 Å². The van der Waals surface area contributed by atoms with Gasteiger partial charge in [-0.15, -0.1) is 0 Å². The summed E-state index contributed by atoms with van der Waals surface area (Å²) >= 11 is 1.63. The zero-order chi connectivity index (χ0) is 33.5. The number of methoxy groups -OCH3 is 1. The van der Waals surface area contributed by atoms with E-state index in [0.29, 0.717) is 5.56 Å². The van der Waals surface area contributed by atoms with Gasteiger partial charge < -0.3 is 25.2 Å². The first-order valence-electron chi connectivity index (χ1n) is 17.3. The summed E-state index contributed by atoms with van der Waals surface area (Å²) < 4.78 is 5.51. The highest BCUT2D eigenvalue weighted by Crippen LogP contribution is 2.43. The lowest BCUT2D eigenvalue weighted by atomic mass is 9.94. The van der Waals surface area contributed by atoms with E-state index in [0.717, 1.165) is 47.9 Å². The van der Waals surface area contributed by atoms with Crippen molar-refractivity contribution in [2.24, 2.45) is 11.8 Å². The molecule has 2 saturated carbocycles. The molecule has 49 heavy (non-hydrogen) atoms. The lowest BCUT2D eigenvalue weighted by molar-refractivity contribution is -0.133. The number of anilines is 1. The predicted octanol–water partition coefficient (Wildman–Crippen LogP) is 5.07. The van der Waals surface area contributed by atoms with Crippen LogP contribution in [0.15, 0.2) is 91.1 Å². The molecule has 1 aromatic heterocycles. The van der Waals surface area contributed by atoms with E-state index in [2.05, 4.69) is 44.8 Å². The summed E-state index contributed by atoms with van der Waals surface area (Å²) in [5.41, 5.74) is 3.95. The Bertz CT molecular complexity index is 1740. The first-order chi connectivity index (χ1) is 23.9. The van der Waals surface area contributed by atoms with E-state index in [1.165, 1.54) is 11.1 Å². The Morgan fingerprint density at radius 3 is 1.88 bits per heavy atom. The molecule has 2 saturated heterocycles. The van der Waals surface area contributed by atoms with Gasteiger partial charge in [0.2, 0.25) is 11.8 Å². The lowest BCUT2D eigenvalue weighted by Gasteiger charge is -2.18. The van der Waals surface area contributed by atoms with Crippen LogP contribution in [0.4, 0.5) is 5.13 Å². The molecule has 2 N–H and O–H groups in total. The highest BCUT2D eigenvalue weighted by molar-refractivity contribution is 7.18. The number of nitrogens with one attached hydrogen (secondary N) is 2. The molecule has 3 heterocycles. The molecule has 0 spiro atoms. The maximum atomic E-state index is 13.8. The van der Waals surface area contributed by atoms with Crippen LogP contribution in [0.2, 0.25) is 0 Å². The van der Waals surface area contributed by atoms with Crippen molar-refractivity contribution in [1.29, 1.82) is 0 Å². The molecular formula is C39H41N5O4S. The number of amides is 3. The molecule has 7 atom stereocenters. The molecular weight excluding hydrogens is 635 g/mol. The van der Waals surface area contributed by atoms with Crippen LogP contribution in [0, 0.1) is 11.8 Å². The van der Waals surface area contributed by atoms with Crippen molar-refractivity contribution in [3.05, 3.63) is 108 Å². The third kappa shape index (κ3) is 6.72. The van der Waals surface area contributed by atoms with E-state index >= 15 is 0 Å². The van der Waals surface area contributed by atoms with Crippen molar-refractivity contribution in [3.63, 3.8) is 0 Å². The number of benzene rings is 3. The van der Waals surface area contributed by atoms with Crippen LogP contribution < -0.4 is 15.5 Å². The second-order valence-electron chi connectivity index (χ2n) is 13.8. The molecule has 0 bridgehead atoms. The summed E-state index contributed by atoms with van der Waals surface area (Å²) in [4.78, 5) is 51.0. The maximum Gasteiger partial charge on any atom is 0.253 e. The molecule has 2 aliphatic heterocycles. The van der Waals surface area contributed by atoms with Crippen LogP contribution in [-0.4, -0.2) is 79.1 Å². The smallest absolute Gasteiger partial charge is 0.253 e. The molecule has 0 radical (unpaired) electrons. The number of ether oxygens (including phenoxy) is 1. The molecule has 2 aliphatic carbocycles. The highest BCUT2D eigenvalue weighted by atomic mass is 32.1. The fourth-order valence-corrected chi connectivity index (χ4v) is 8.48. The minimum absolute atomic E-state index is 0.0425. The largest absolute Gasteiger partial charge is 0.380 e. The SMILES string of the molecule is CO[C@@H]1CCN(c2ncc(-c3ccc(C(=O)N4C[C@@H](C(=O)N[C@H]5C[C@@H]5c5ccccc5)[C@H](C(=O)N[C@H]5C[C@@H]5c5ccccc5)C4)cc3)s2)C1. The van der Waals surface area contributed by atoms with Gasteiger partial charge in [-0.25, -0.2) is 4.98 Å². The highest BCUT2D eigenvalue weighted by Gasteiger charge is 2.49. The summed E-state index contributed by atoms with van der Waals surface area (Å²) in [5.74, 6) is -1.16. The third-order valence-corrected chi connectivity index (χ3v) is 11.7. The summed E-state index contributed by atoms with van der Waals surface area (Å²) in [6, 6.07) is 28.0. The van der Waals surface area contributed by atoms with Crippen LogP contribution in [0.5, 0.6) is 0 Å². The van der Waals surface area contributed by atoms with Crippen molar-refractivity contribution in [3.8, 4) is 10.4 Å². The Hall–Kier alpha value is -4.54. The number of hydrogen-bond donors (Lipinski definition) is 2. The minimum Gasteiger partial charge on any atom is -0.380 e. The quantitative estimate of drug-likeness (QED) is 0.244. The lowest BCUT2D eigenvalue weighted by Crippen LogP contribution is -2.43. The van der Waals surface area contributed by atoms with Crippen molar-refractivity contribution in [2.45, 2.75) is 49.3 Å². The van der Waals surface area contributed by atoms with E-state index in [1.54, 1.807) is 23.3 Å². The zero-order valence-corrected chi connectivity index (χ0v) is 28.4. The molecule has 10 heteroatoms. The van der Waals surface area contributed by atoms with E-state index in [1.807, 2.05) is 66.9 Å². The van der Waals surface area contributed by atoms with Crippen LogP contribution in [0.3, 0.4) is 0 Å². The van der Waals surface area contributed by atoms with E-state index in [9.17, 15) is 14.4 Å². The number of aromatic nitrogens is 1. The fraction of sp³-hybridized carbons (Fsp3) is 0.385. The average Bonchev–Trinajstić information content (AvgIpc) is 3.82. The monoisotopic (exact) mass is 675 g/mol. The third-order valence-electron chi connectivity index (χ3n) is 10.6. The molecule has 252 valence electrons. The van der Waals surface area contributed by atoms with Gasteiger partial charge in [0.25, 0.3) is 5.91 Å². The number of hydrogen-bond acceptors (Lipinski definition) is 7. The molecule has 9 nitrogen and oxygen atoms in total. The van der Waals surface area contributed by atoms with Crippen LogP contribution in [0.1, 0.15) is 52.6 Å². The first kappa shape index (κ1) is 31.7. The normalized spacial score (nSPS) is 27.2. The fourth-order valence-electron chi connectivity index (χ4n) is 7.53. The Kier molecular flexibility index (Phi) is 8.67. The Labute approximate surface area is 290 Å². The van der Waals surface area contributed by atoms with Gasteiger partial charge in [0.1, 0.15) is 0 Å². The van der Waals surface area contributed by atoms with E-state index < -0.39 is 11.8 Å². The van der Waals surface area contributed by atoms with Gasteiger partial charge in [0, 0.05) is 69.0 Å². The Morgan fingerprint density at radius 2 is 1.35 bits per heavy atom. The molecule has 4 aromatic rings. The van der Waals surface area contributed by atoms with Gasteiger partial charge in [-0.1, -0.05) is 84.1 Å². The van der Waals surface area contributed by atoms with Crippen molar-refractivity contribution in [2.75, 3.05) is 38.2 Å². The van der Waals surface area contributed by atoms with Crippen molar-refractivity contribution in [1.82, 2.24) is 20.5 Å². The molecule has 3 aromatic carbocycles. The van der Waals surface area contributed by atoms with Gasteiger partial charge >= 0.3 is 0 Å². The second kappa shape index (κ2) is 13.4. The summed E-state index contributed by atoms with van der Waals surface area (Å²) in [5, 5.41) is 7.40. The van der Waals surface area contributed by atoms with Crippen molar-refractivity contribution >= 4 is 34.2 Å². The van der Waals surface area contributed by atoms with E-state index in [4.69, 9.17) is 4.74 Å². The minimum atomic E-state index is -0.618. The van der Waals surface area contributed by atoms with Crippen LogP contribution >= 0.6 is 11.3 Å². The average molecular weight is 676 g/mol. The van der Waals surface area contributed by atoms with Gasteiger partial charge in [-0.2, -0.15) is 0 Å². The molecule has 3 amide bonds. The predicted molar refractivity (Wildman–Crippen MR) is 190 cm³/mol. The molecule has 4 fully saturated rings. The Morgan fingerprint density at radius 1 is 0.776 bits per heavy atom. The number of nitrogens with zero attached hydrogens (tertiary/aromatic N) is 3. The maximum absolute atomic E-state index is 13.8. The van der Waals surface area contributed by atoms with Gasteiger partial charge in [0.05, 0.1) is 22.8 Å². The van der Waals surface area contributed by atoms with E-state index in [-0.39, 0.29) is 60.8 Å². The summed E-state index contributed by atoms with van der Waals surface area (Å²) in [7, 11) is 1.75. The van der Waals surface area contributed by atoms with Gasteiger partial charge in [-0.05, 0) is 48.1 Å². The van der Waals surface area contributed by atoms with Crippen LogP contribution in [-0.2, 0) is 14.3 Å². The molecule has 0 unspecified atom stereocenters. The number of carbonyl (C=O) groups excluding carboxylic acids is 3. The number of carbonyl (C=O) groups is 3. The summed E-state index contributed by atoms with van der Waals surface area (Å²) in [6.45, 7) is 2.18. The molecule has 8 rings (SSSR count). The number of likely N-dealkylation sites (tertiary alicyclic amines) is 1. The van der Waals surface area contributed by atoms with Gasteiger partial charge in [-0.3, -0.25) is 14.4 Å². The summed E-state index contributed by atoms with van der Waals surface area (Å²) in [6.07, 6.45) is 4.87. The standard InChI is InChI=1S/C39H41N5O4S/c1-48-28-16-17-43(21-28)39-40-20-35(49-39)26-12-14-27(15-13-26)38(47)44-22-31(36(45)41-33-18-29(33)24-8-4-2-5-9-24)32(23-44)37(46)42-34-19-30(34)25-10-6-3-7-11-25/h2-15,20,28-34H,16-19,21-23H2,1H3,(H,41,45)(H,42,46)/t28-,29-,30-,31-,32-,33+,34+/m1/s1. The van der Waals surface area contributed by atoms with Crippen molar-refractivity contribution < 1.29 is 19.1 Å². The van der Waals surface area contributed by atoms with Gasteiger partial charge in [0.15, 0.2) is 5.13 Å². The second-order valence-corrected chi connectivity index (χ2v) is 14.8. The Balaban J connectivity index is 0.945. The first-order valence-corrected chi connectivity index (χ1v) is 18.1. The number of thiazole rings is 1. The zero-order valence-electron chi connectivity index (χ0n) is 27.5. The van der Waals surface area contributed by atoms with Crippen LogP contribution in [0.25, 0.3) is 10.4 Å².